The van der Waals surface area contributed by atoms with Gasteiger partial charge in [-0.2, -0.15) is 5.10 Å². The van der Waals surface area contributed by atoms with Crippen molar-refractivity contribution < 1.29 is 9.53 Å². The van der Waals surface area contributed by atoms with E-state index < -0.39 is 0 Å². The van der Waals surface area contributed by atoms with E-state index in [0.717, 1.165) is 17.5 Å². The third-order valence-electron chi connectivity index (χ3n) is 2.48. The Morgan fingerprint density at radius 3 is 3.06 bits per heavy atom. The maximum atomic E-state index is 11.8. The fraction of sp³-hybridized carbons (Fsp3) is 0.667. The highest BCUT2D eigenvalue weighted by atomic mass is 79.9. The highest BCUT2D eigenvalue weighted by Gasteiger charge is 2.13. The molecule has 0 aromatic carbocycles. The molecule has 0 unspecified atom stereocenters. The van der Waals surface area contributed by atoms with E-state index in [9.17, 15) is 4.79 Å². The summed E-state index contributed by atoms with van der Waals surface area (Å²) in [4.78, 5) is 11.8. The number of carbonyl (C=O) groups excluding carboxylic acids is 1. The molecule has 0 aliphatic rings. The Labute approximate surface area is 116 Å². The van der Waals surface area contributed by atoms with Gasteiger partial charge >= 0.3 is 0 Å². The molecule has 18 heavy (non-hydrogen) atoms. The van der Waals surface area contributed by atoms with Gasteiger partial charge in [0, 0.05) is 26.0 Å². The Kier molecular flexibility index (Phi) is 6.97. The number of carbonyl (C=O) groups is 1. The molecule has 0 radical (unpaired) electrons. The maximum absolute atomic E-state index is 11.8. The van der Waals surface area contributed by atoms with Crippen LogP contribution in [-0.4, -0.2) is 35.4 Å². The molecular weight excluding hydrogens is 298 g/mol. The van der Waals surface area contributed by atoms with Crippen LogP contribution < -0.4 is 5.32 Å². The van der Waals surface area contributed by atoms with Crippen molar-refractivity contribution >= 4 is 21.8 Å². The Morgan fingerprint density at radius 2 is 2.44 bits per heavy atom. The van der Waals surface area contributed by atoms with E-state index >= 15 is 0 Å². The topological polar surface area (TPSA) is 56.1 Å². The van der Waals surface area contributed by atoms with Crippen molar-refractivity contribution in [1.29, 1.82) is 0 Å². The molecule has 0 bridgehead atoms. The van der Waals surface area contributed by atoms with Crippen LogP contribution in [0, 0.1) is 5.92 Å². The second-order valence-corrected chi connectivity index (χ2v) is 5.04. The molecule has 102 valence electrons. The number of hydrogen-bond acceptors (Lipinski definition) is 3. The molecule has 0 aliphatic carbocycles. The molecule has 0 saturated carbocycles. The summed E-state index contributed by atoms with van der Waals surface area (Å²) in [6.07, 6.45) is 4.42. The van der Waals surface area contributed by atoms with E-state index in [1.807, 2.05) is 20.0 Å². The largest absolute Gasteiger partial charge is 0.382 e. The van der Waals surface area contributed by atoms with Crippen molar-refractivity contribution in [2.45, 2.75) is 26.8 Å². The van der Waals surface area contributed by atoms with Crippen LogP contribution in [-0.2, 0) is 16.1 Å². The van der Waals surface area contributed by atoms with Crippen LogP contribution in [0.2, 0.25) is 0 Å². The lowest BCUT2D eigenvalue weighted by atomic mass is 10.1. The molecule has 6 heteroatoms. The van der Waals surface area contributed by atoms with Gasteiger partial charge in [-0.15, -0.1) is 0 Å². The Bertz CT molecular complexity index is 368. The van der Waals surface area contributed by atoms with Gasteiger partial charge in [-0.05, 0) is 29.3 Å². The molecule has 0 saturated heterocycles. The molecule has 1 aromatic heterocycles. The fourth-order valence-corrected chi connectivity index (χ4v) is 1.83. The number of ether oxygens (including phenoxy) is 1. The van der Waals surface area contributed by atoms with Crippen LogP contribution in [0.25, 0.3) is 0 Å². The van der Waals surface area contributed by atoms with Gasteiger partial charge in [-0.3, -0.25) is 9.48 Å². The summed E-state index contributed by atoms with van der Waals surface area (Å²) < 4.78 is 7.89. The minimum absolute atomic E-state index is 0.0538. The second kappa shape index (κ2) is 8.26. The Morgan fingerprint density at radius 1 is 1.67 bits per heavy atom. The van der Waals surface area contributed by atoms with Gasteiger partial charge in [-0.25, -0.2) is 0 Å². The zero-order valence-electron chi connectivity index (χ0n) is 10.9. The molecule has 1 atom stereocenters. The van der Waals surface area contributed by atoms with Crippen molar-refractivity contribution in [3.8, 4) is 0 Å². The van der Waals surface area contributed by atoms with E-state index in [4.69, 9.17) is 4.74 Å². The first-order valence-corrected chi connectivity index (χ1v) is 6.96. The summed E-state index contributed by atoms with van der Waals surface area (Å²) in [6, 6.07) is 0. The summed E-state index contributed by atoms with van der Waals surface area (Å²) in [7, 11) is 0. The van der Waals surface area contributed by atoms with Crippen molar-refractivity contribution in [3.63, 3.8) is 0 Å². The predicted octanol–water partition coefficient (Wildman–Crippen LogP) is 1.82. The molecule has 1 N–H and O–H groups in total. The number of aromatic nitrogens is 2. The quantitative estimate of drug-likeness (QED) is 0.744. The lowest BCUT2D eigenvalue weighted by Crippen LogP contribution is -2.32. The smallest absolute Gasteiger partial charge is 0.224 e. The van der Waals surface area contributed by atoms with Gasteiger partial charge in [0.2, 0.25) is 5.91 Å². The van der Waals surface area contributed by atoms with Gasteiger partial charge in [0.15, 0.2) is 0 Å². The first kappa shape index (κ1) is 15.2. The lowest BCUT2D eigenvalue weighted by molar-refractivity contribution is -0.125. The summed E-state index contributed by atoms with van der Waals surface area (Å²) >= 11 is 3.33. The highest BCUT2D eigenvalue weighted by molar-refractivity contribution is 9.10. The Hall–Kier alpha value is -0.880. The van der Waals surface area contributed by atoms with Crippen LogP contribution in [0.1, 0.15) is 20.3 Å². The van der Waals surface area contributed by atoms with Gasteiger partial charge in [0.25, 0.3) is 0 Å². The van der Waals surface area contributed by atoms with Crippen LogP contribution in [0.4, 0.5) is 0 Å². The monoisotopic (exact) mass is 317 g/mol. The zero-order chi connectivity index (χ0) is 13.4. The number of nitrogens with one attached hydrogen (secondary N) is 1. The molecule has 1 aromatic rings. The van der Waals surface area contributed by atoms with E-state index in [-0.39, 0.29) is 11.8 Å². The lowest BCUT2D eigenvalue weighted by Gasteiger charge is -2.12. The van der Waals surface area contributed by atoms with Crippen LogP contribution in [0.3, 0.4) is 0 Å². The second-order valence-electron chi connectivity index (χ2n) is 4.12. The minimum Gasteiger partial charge on any atom is -0.382 e. The van der Waals surface area contributed by atoms with Crippen molar-refractivity contribution in [2.24, 2.45) is 5.92 Å². The van der Waals surface area contributed by atoms with Crippen molar-refractivity contribution in [3.05, 3.63) is 16.9 Å². The van der Waals surface area contributed by atoms with Crippen LogP contribution in [0.15, 0.2) is 16.9 Å². The predicted molar refractivity (Wildman–Crippen MR) is 73.2 cm³/mol. The average Bonchev–Trinajstić information content (AvgIpc) is 2.74. The first-order valence-electron chi connectivity index (χ1n) is 6.17. The normalized spacial score (nSPS) is 12.4. The number of nitrogens with zero attached hydrogens (tertiary/aromatic N) is 2. The number of hydrogen-bond donors (Lipinski definition) is 1. The molecule has 1 rings (SSSR count). The Balaban J connectivity index is 2.20. The van der Waals surface area contributed by atoms with Gasteiger partial charge < -0.3 is 10.1 Å². The van der Waals surface area contributed by atoms with Gasteiger partial charge in [0.1, 0.15) is 0 Å². The molecule has 1 amide bonds. The summed E-state index contributed by atoms with van der Waals surface area (Å²) in [6.45, 7) is 6.51. The van der Waals surface area contributed by atoms with Gasteiger partial charge in [0.05, 0.1) is 23.1 Å². The maximum Gasteiger partial charge on any atom is 0.224 e. The summed E-state index contributed by atoms with van der Waals surface area (Å²) in [5.41, 5.74) is 0. The average molecular weight is 318 g/mol. The first-order chi connectivity index (χ1) is 8.63. The van der Waals surface area contributed by atoms with Crippen LogP contribution >= 0.6 is 15.9 Å². The van der Waals surface area contributed by atoms with E-state index in [1.165, 1.54) is 0 Å². The minimum atomic E-state index is -0.0936. The van der Waals surface area contributed by atoms with Crippen molar-refractivity contribution in [1.82, 2.24) is 15.1 Å². The van der Waals surface area contributed by atoms with E-state index in [2.05, 4.69) is 26.3 Å². The van der Waals surface area contributed by atoms with Crippen LogP contribution in [0.5, 0.6) is 0 Å². The van der Waals surface area contributed by atoms with E-state index in [1.54, 1.807) is 10.9 Å². The molecular formula is C12H20BrN3O2. The number of rotatable bonds is 8. The summed E-state index contributed by atoms with van der Waals surface area (Å²) in [5.74, 6) is -0.0398. The third kappa shape index (κ3) is 5.64. The third-order valence-corrected chi connectivity index (χ3v) is 2.89. The SMILES string of the molecule is CCOCCCNC(=O)[C@@H](C)Cn1cc(Br)cn1. The molecule has 1 heterocycles. The van der Waals surface area contributed by atoms with E-state index in [0.29, 0.717) is 19.7 Å². The standard InChI is InChI=1S/C12H20BrN3O2/c1-3-18-6-4-5-14-12(17)10(2)8-16-9-11(13)7-15-16/h7,9-10H,3-6,8H2,1-2H3,(H,14,17)/t10-/m0/s1. The number of amides is 1. The molecule has 0 aliphatic heterocycles. The fourth-order valence-electron chi connectivity index (χ4n) is 1.51. The highest BCUT2D eigenvalue weighted by Crippen LogP contribution is 2.08. The number of halogens is 1. The zero-order valence-corrected chi connectivity index (χ0v) is 12.4. The van der Waals surface area contributed by atoms with Crippen molar-refractivity contribution in [2.75, 3.05) is 19.8 Å². The molecule has 5 nitrogen and oxygen atoms in total. The molecule has 0 fully saturated rings. The summed E-state index contributed by atoms with van der Waals surface area (Å²) in [5, 5.41) is 7.03. The molecule has 0 spiro atoms. The van der Waals surface area contributed by atoms with Gasteiger partial charge in [-0.1, -0.05) is 6.92 Å².